The summed E-state index contributed by atoms with van der Waals surface area (Å²) < 4.78 is 0. The van der Waals surface area contributed by atoms with E-state index in [2.05, 4.69) is 16.9 Å². The van der Waals surface area contributed by atoms with E-state index in [1.165, 1.54) is 12.8 Å². The summed E-state index contributed by atoms with van der Waals surface area (Å²) in [6.45, 7) is 7.11. The standard InChI is InChI=1S/C19H34N2O4.Na/c1-4-5-6-7-8-9-10-11-12-17(22)21-16(13-15(2)3)19(25)20-14-18(23)24;/h4,15-16H,1,5-14H2,2-3H3,(H,20,25)(H,21,22)(H,23,24);/q;+1/p-1/t16-;/m0./s1. The minimum atomic E-state index is -1.11. The molecular weight excluding hydrogens is 343 g/mol. The van der Waals surface area contributed by atoms with E-state index in [1.54, 1.807) is 0 Å². The van der Waals surface area contributed by atoms with E-state index in [-0.39, 0.29) is 41.4 Å². The van der Waals surface area contributed by atoms with Crippen molar-refractivity contribution >= 4 is 17.8 Å². The molecule has 0 radical (unpaired) electrons. The van der Waals surface area contributed by atoms with Gasteiger partial charge in [0, 0.05) is 0 Å². The fraction of sp³-hybridized carbons (Fsp3) is 0.737. The first-order valence-corrected chi connectivity index (χ1v) is 9.20. The van der Waals surface area contributed by atoms with E-state index < -0.39 is 24.5 Å². The number of nitrogens with zero attached hydrogens (tertiary/aromatic N) is 1. The molecule has 7 heteroatoms. The first-order valence-electron chi connectivity index (χ1n) is 9.20. The molecule has 0 bridgehead atoms. The van der Waals surface area contributed by atoms with E-state index in [0.29, 0.717) is 12.8 Å². The van der Waals surface area contributed by atoms with Crippen LogP contribution in [0, 0.1) is 5.92 Å². The number of nitrogens with one attached hydrogen (secondary N) is 1. The second-order valence-electron chi connectivity index (χ2n) is 6.73. The number of carboxylic acids is 1. The third-order valence-electron chi connectivity index (χ3n) is 3.76. The van der Waals surface area contributed by atoms with Gasteiger partial charge in [-0.15, -0.1) is 6.58 Å². The number of rotatable bonds is 15. The summed E-state index contributed by atoms with van der Waals surface area (Å²) in [5.41, 5.74) is 0. The number of aliphatic carboxylic acids is 1. The molecule has 0 unspecified atom stereocenters. The van der Waals surface area contributed by atoms with Gasteiger partial charge in [-0.05, 0) is 43.9 Å². The third kappa shape index (κ3) is 16.6. The molecule has 0 aromatic heterocycles. The van der Waals surface area contributed by atoms with Crippen LogP contribution in [0.2, 0.25) is 0 Å². The summed E-state index contributed by atoms with van der Waals surface area (Å²) in [4.78, 5) is 26.5. The van der Waals surface area contributed by atoms with E-state index in [1.807, 2.05) is 19.9 Å². The molecular formula is C19H33N2NaO4. The molecule has 0 saturated heterocycles. The Hall–Kier alpha value is -0.850. The maximum absolute atomic E-state index is 12.0. The Morgan fingerprint density at radius 1 is 1.15 bits per heavy atom. The van der Waals surface area contributed by atoms with Gasteiger partial charge < -0.3 is 15.5 Å². The zero-order valence-corrected chi connectivity index (χ0v) is 18.6. The number of carboxylic acid groups (broad SMARTS) is 1. The predicted octanol–water partition coefficient (Wildman–Crippen LogP) is -0.328. The van der Waals surface area contributed by atoms with Crippen LogP contribution in [0.4, 0.5) is 0 Å². The Bertz CT molecular complexity index is 439. The van der Waals surface area contributed by atoms with Crippen LogP contribution in [0.3, 0.4) is 0 Å². The molecule has 2 N–H and O–H groups in total. The van der Waals surface area contributed by atoms with Crippen LogP contribution in [-0.2, 0) is 9.59 Å². The van der Waals surface area contributed by atoms with Gasteiger partial charge >= 0.3 is 35.5 Å². The molecule has 1 atom stereocenters. The Kier molecular flexibility index (Phi) is 18.5. The van der Waals surface area contributed by atoms with Gasteiger partial charge in [-0.2, -0.15) is 0 Å². The van der Waals surface area contributed by atoms with E-state index in [4.69, 9.17) is 5.11 Å². The van der Waals surface area contributed by atoms with Gasteiger partial charge in [0.25, 0.3) is 0 Å². The Labute approximate surface area is 179 Å². The zero-order valence-electron chi connectivity index (χ0n) is 16.6. The van der Waals surface area contributed by atoms with Crippen molar-refractivity contribution in [1.29, 1.82) is 0 Å². The van der Waals surface area contributed by atoms with Crippen molar-refractivity contribution in [2.75, 3.05) is 6.54 Å². The van der Waals surface area contributed by atoms with Crippen molar-refractivity contribution in [3.63, 3.8) is 0 Å². The molecule has 0 fully saturated rings. The Morgan fingerprint density at radius 2 is 1.73 bits per heavy atom. The number of hydrogen-bond donors (Lipinski definition) is 2. The minimum absolute atomic E-state index is 0. The summed E-state index contributed by atoms with van der Waals surface area (Å²) in [5, 5.41) is 22.9. The molecule has 0 heterocycles. The third-order valence-corrected chi connectivity index (χ3v) is 3.76. The van der Waals surface area contributed by atoms with Gasteiger partial charge in [0.15, 0.2) is 0 Å². The first kappa shape index (κ1) is 27.4. The topological polar surface area (TPSA) is 102 Å². The Balaban J connectivity index is 0. The smallest absolute Gasteiger partial charge is 0.862 e. The monoisotopic (exact) mass is 376 g/mol. The summed E-state index contributed by atoms with van der Waals surface area (Å²) in [7, 11) is 0. The molecule has 6 nitrogen and oxygen atoms in total. The number of allylic oxidation sites excluding steroid dienone is 1. The van der Waals surface area contributed by atoms with Crippen LogP contribution in [0.25, 0.3) is 0 Å². The summed E-state index contributed by atoms with van der Waals surface area (Å²) in [6.07, 6.45) is 10.1. The maximum Gasteiger partial charge on any atom is 1.00 e. The average molecular weight is 376 g/mol. The van der Waals surface area contributed by atoms with Gasteiger partial charge in [-0.25, -0.2) is 0 Å². The van der Waals surface area contributed by atoms with Crippen molar-refractivity contribution in [2.24, 2.45) is 10.9 Å². The largest absolute Gasteiger partial charge is 1.00 e. The number of hydrogen-bond acceptors (Lipinski definition) is 4. The fourth-order valence-electron chi connectivity index (χ4n) is 2.46. The molecule has 0 aliphatic heterocycles. The van der Waals surface area contributed by atoms with E-state index >= 15 is 0 Å². The summed E-state index contributed by atoms with van der Waals surface area (Å²) >= 11 is 0. The SMILES string of the molecule is C=CCCCCCCCCC([O-])=N[C@@H](CC(C)C)C(=O)NCC(=O)O.[Na+]. The summed E-state index contributed by atoms with van der Waals surface area (Å²) in [6, 6.07) is -0.800. The van der Waals surface area contributed by atoms with Gasteiger partial charge in [0.1, 0.15) is 12.6 Å². The number of carbonyl (C=O) groups is 2. The van der Waals surface area contributed by atoms with Crippen molar-refractivity contribution in [3.8, 4) is 0 Å². The summed E-state index contributed by atoms with van der Waals surface area (Å²) in [5.74, 6) is -1.70. The van der Waals surface area contributed by atoms with Crippen LogP contribution in [-0.4, -0.2) is 35.5 Å². The van der Waals surface area contributed by atoms with Crippen LogP contribution in [0.1, 0.15) is 71.6 Å². The van der Waals surface area contributed by atoms with E-state index in [0.717, 1.165) is 32.1 Å². The van der Waals surface area contributed by atoms with E-state index in [9.17, 15) is 14.7 Å². The van der Waals surface area contributed by atoms with Crippen LogP contribution >= 0.6 is 0 Å². The van der Waals surface area contributed by atoms with Gasteiger partial charge in [0.05, 0.1) is 0 Å². The van der Waals surface area contributed by atoms with Crippen LogP contribution < -0.4 is 40.0 Å². The van der Waals surface area contributed by atoms with Crippen LogP contribution in [0.5, 0.6) is 0 Å². The molecule has 0 aromatic rings. The van der Waals surface area contributed by atoms with Gasteiger partial charge in [0.2, 0.25) is 5.91 Å². The molecule has 0 saturated carbocycles. The van der Waals surface area contributed by atoms with Crippen molar-refractivity contribution < 1.29 is 49.4 Å². The maximum atomic E-state index is 12.0. The normalized spacial score (nSPS) is 12.3. The molecule has 1 amide bonds. The number of amides is 1. The number of aliphatic imine (C=N–C) groups is 1. The van der Waals surface area contributed by atoms with Crippen molar-refractivity contribution in [3.05, 3.63) is 12.7 Å². The molecule has 0 aromatic carbocycles. The van der Waals surface area contributed by atoms with Crippen molar-refractivity contribution in [1.82, 2.24) is 5.32 Å². The second-order valence-corrected chi connectivity index (χ2v) is 6.73. The number of carbonyl (C=O) groups excluding carboxylic acids is 1. The molecule has 0 aliphatic carbocycles. The molecule has 144 valence electrons. The van der Waals surface area contributed by atoms with Gasteiger partial charge in [-0.3, -0.25) is 14.6 Å². The van der Waals surface area contributed by atoms with Gasteiger partial charge in [-0.1, -0.05) is 45.6 Å². The minimum Gasteiger partial charge on any atom is -0.862 e. The second kappa shape index (κ2) is 17.6. The van der Waals surface area contributed by atoms with Crippen LogP contribution in [0.15, 0.2) is 17.6 Å². The number of unbranched alkanes of at least 4 members (excludes halogenated alkanes) is 6. The molecule has 0 spiro atoms. The zero-order chi connectivity index (χ0) is 19.1. The first-order chi connectivity index (χ1) is 11.9. The molecule has 0 aliphatic rings. The Morgan fingerprint density at radius 3 is 2.27 bits per heavy atom. The molecule has 0 rings (SSSR count). The fourth-order valence-corrected chi connectivity index (χ4v) is 2.46. The quantitative estimate of drug-likeness (QED) is 0.134. The van der Waals surface area contributed by atoms with Crippen molar-refractivity contribution in [2.45, 2.75) is 77.7 Å². The predicted molar refractivity (Wildman–Crippen MR) is 98.5 cm³/mol. The average Bonchev–Trinajstić information content (AvgIpc) is 2.54. The molecule has 26 heavy (non-hydrogen) atoms.